The Morgan fingerprint density at radius 3 is 2.60 bits per heavy atom. The second-order valence-corrected chi connectivity index (χ2v) is 11.4. The molecule has 3 heterocycles. The first-order chi connectivity index (χ1) is 20.1. The van der Waals surface area contributed by atoms with Crippen LogP contribution < -0.4 is 14.8 Å². The van der Waals surface area contributed by atoms with Crippen molar-refractivity contribution in [1.29, 1.82) is 5.26 Å². The summed E-state index contributed by atoms with van der Waals surface area (Å²) >= 11 is 0. The van der Waals surface area contributed by atoms with Crippen LogP contribution in [-0.2, 0) is 4.74 Å². The summed E-state index contributed by atoms with van der Waals surface area (Å²) in [7, 11) is 0. The summed E-state index contributed by atoms with van der Waals surface area (Å²) in [6.07, 6.45) is 4.69. The van der Waals surface area contributed by atoms with Crippen LogP contribution in [0.1, 0.15) is 46.1 Å². The fourth-order valence-corrected chi connectivity index (χ4v) is 4.98. The number of aromatic nitrogens is 2. The molecule has 0 bridgehead atoms. The van der Waals surface area contributed by atoms with Gasteiger partial charge < -0.3 is 24.4 Å². The molecule has 0 spiro atoms. The molecule has 1 saturated heterocycles. The summed E-state index contributed by atoms with van der Waals surface area (Å²) in [6, 6.07) is 14.7. The molecule has 1 N–H and O–H groups in total. The van der Waals surface area contributed by atoms with Crippen LogP contribution in [0.4, 0.5) is 9.59 Å². The Kier molecular flexibility index (Phi) is 8.20. The number of rotatable bonds is 6. The molecular weight excluding hydrogens is 534 g/mol. The Labute approximate surface area is 244 Å². The van der Waals surface area contributed by atoms with E-state index in [1.54, 1.807) is 46.1 Å². The molecule has 5 rings (SSSR count). The molecule has 218 valence electrons. The normalized spacial score (nSPS) is 14.0. The largest absolute Gasteiger partial charge is 0.492 e. The average molecular weight is 570 g/mol. The van der Waals surface area contributed by atoms with Gasteiger partial charge in [0.15, 0.2) is 0 Å². The maximum absolute atomic E-state index is 12.4. The Hall–Kier alpha value is -4.78. The number of fused-ring (bicyclic) bond motifs is 2. The number of likely N-dealkylation sites (tertiary alicyclic amines) is 1. The van der Waals surface area contributed by atoms with Gasteiger partial charge in [0.1, 0.15) is 28.9 Å². The zero-order valence-corrected chi connectivity index (χ0v) is 24.3. The lowest BCUT2D eigenvalue weighted by atomic mass is 9.98. The van der Waals surface area contributed by atoms with Gasteiger partial charge in [-0.1, -0.05) is 0 Å². The molecule has 2 aromatic heterocycles. The van der Waals surface area contributed by atoms with Gasteiger partial charge in [-0.2, -0.15) is 5.26 Å². The summed E-state index contributed by atoms with van der Waals surface area (Å²) in [5, 5.41) is 14.3. The Morgan fingerprint density at radius 1 is 1.10 bits per heavy atom. The predicted octanol–water partition coefficient (Wildman–Crippen LogP) is 6.46. The zero-order valence-electron chi connectivity index (χ0n) is 24.3. The van der Waals surface area contributed by atoms with Crippen LogP contribution in [0, 0.1) is 17.2 Å². The Morgan fingerprint density at radius 2 is 1.88 bits per heavy atom. The first-order valence-corrected chi connectivity index (χ1v) is 14.2. The fraction of sp³-hybridized carbons (Fsp3) is 0.375. The van der Waals surface area contributed by atoms with Crippen molar-refractivity contribution in [3.8, 4) is 23.3 Å². The highest BCUT2D eigenvalue weighted by Gasteiger charge is 2.27. The van der Waals surface area contributed by atoms with Crippen molar-refractivity contribution in [2.45, 2.75) is 46.1 Å². The van der Waals surface area contributed by atoms with Gasteiger partial charge in [0, 0.05) is 48.9 Å². The lowest BCUT2D eigenvalue weighted by Crippen LogP contribution is -2.42. The van der Waals surface area contributed by atoms with Gasteiger partial charge in [0.05, 0.1) is 23.2 Å². The third-order valence-corrected chi connectivity index (χ3v) is 7.10. The van der Waals surface area contributed by atoms with Crippen LogP contribution >= 0.6 is 0 Å². The van der Waals surface area contributed by atoms with Gasteiger partial charge in [0.2, 0.25) is 0 Å². The molecule has 0 radical (unpaired) electrons. The van der Waals surface area contributed by atoms with Gasteiger partial charge in [-0.05, 0) is 82.9 Å². The number of carbonyl (C=O) groups excluding carboxylic acids is 2. The first kappa shape index (κ1) is 28.7. The summed E-state index contributed by atoms with van der Waals surface area (Å²) in [4.78, 5) is 30.9. The number of benzene rings is 2. The van der Waals surface area contributed by atoms with E-state index in [0.29, 0.717) is 60.0 Å². The molecule has 1 fully saturated rings. The molecule has 10 heteroatoms. The van der Waals surface area contributed by atoms with Crippen molar-refractivity contribution in [1.82, 2.24) is 19.8 Å². The lowest BCUT2D eigenvalue weighted by Gasteiger charge is -2.33. The van der Waals surface area contributed by atoms with Crippen molar-refractivity contribution < 1.29 is 23.8 Å². The summed E-state index contributed by atoms with van der Waals surface area (Å²) < 4.78 is 19.4. The second-order valence-electron chi connectivity index (χ2n) is 11.4. The molecule has 4 aromatic rings. The van der Waals surface area contributed by atoms with Crippen LogP contribution in [0.25, 0.3) is 21.8 Å². The number of hydrogen-bond acceptors (Lipinski definition) is 7. The summed E-state index contributed by atoms with van der Waals surface area (Å²) in [6.45, 7) is 9.66. The average Bonchev–Trinajstić information content (AvgIpc) is 3.39. The summed E-state index contributed by atoms with van der Waals surface area (Å²) in [5.41, 5.74) is 1.29. The Balaban J connectivity index is 1.28. The number of nitrogens with one attached hydrogen (secondary N) is 1. The van der Waals surface area contributed by atoms with Gasteiger partial charge in [-0.15, -0.1) is 0 Å². The monoisotopic (exact) mass is 569 g/mol. The SMILES string of the molecule is CCNC(=O)n1ccc2cc(Oc3ccnc4cc(OCC5CCN(C(=O)OC(C)(C)C)CC5)c(C#N)cc34)ccc21. The zero-order chi connectivity index (χ0) is 29.9. The number of hydrogen-bond donors (Lipinski definition) is 1. The highest BCUT2D eigenvalue weighted by molar-refractivity contribution is 5.92. The molecule has 42 heavy (non-hydrogen) atoms. The maximum atomic E-state index is 12.4. The second kappa shape index (κ2) is 12.0. The summed E-state index contributed by atoms with van der Waals surface area (Å²) in [5.74, 6) is 1.88. The van der Waals surface area contributed by atoms with Crippen molar-refractivity contribution in [2.75, 3.05) is 26.2 Å². The van der Waals surface area contributed by atoms with Gasteiger partial charge in [-0.3, -0.25) is 9.55 Å². The molecular formula is C32H35N5O5. The highest BCUT2D eigenvalue weighted by Crippen LogP contribution is 2.34. The van der Waals surface area contributed by atoms with Crippen LogP contribution in [-0.4, -0.2) is 58.4 Å². The van der Waals surface area contributed by atoms with E-state index in [2.05, 4.69) is 16.4 Å². The van der Waals surface area contributed by atoms with E-state index in [1.807, 2.05) is 45.9 Å². The molecule has 0 atom stereocenters. The number of piperidine rings is 1. The molecule has 0 saturated carbocycles. The van der Waals surface area contributed by atoms with Crippen molar-refractivity contribution in [3.63, 3.8) is 0 Å². The third kappa shape index (κ3) is 6.41. The minimum Gasteiger partial charge on any atom is -0.492 e. The number of amides is 2. The van der Waals surface area contributed by atoms with E-state index in [9.17, 15) is 14.9 Å². The van der Waals surface area contributed by atoms with E-state index in [1.165, 1.54) is 0 Å². The molecule has 0 unspecified atom stereocenters. The van der Waals surface area contributed by atoms with Crippen molar-refractivity contribution >= 4 is 33.9 Å². The standard InChI is InChI=1S/C32H35N5O5/c1-5-34-30(38)37-15-11-22-16-24(6-7-27(22)37)41-28-8-12-35-26-18-29(23(19-33)17-25(26)28)40-20-21-9-13-36(14-10-21)31(39)42-32(2,3)4/h6-8,11-12,15-18,21H,5,9-10,13-14,20H2,1-4H3,(H,34,38). The predicted molar refractivity (Wildman–Crippen MR) is 159 cm³/mol. The van der Waals surface area contributed by atoms with Crippen LogP contribution in [0.3, 0.4) is 0 Å². The van der Waals surface area contributed by atoms with E-state index in [-0.39, 0.29) is 18.0 Å². The van der Waals surface area contributed by atoms with E-state index in [0.717, 1.165) is 23.7 Å². The van der Waals surface area contributed by atoms with Gasteiger partial charge in [-0.25, -0.2) is 9.59 Å². The fourth-order valence-electron chi connectivity index (χ4n) is 4.98. The topological polar surface area (TPSA) is 119 Å². The maximum Gasteiger partial charge on any atom is 0.410 e. The number of nitrogens with zero attached hydrogens (tertiary/aromatic N) is 4. The third-order valence-electron chi connectivity index (χ3n) is 7.10. The van der Waals surface area contributed by atoms with Gasteiger partial charge >= 0.3 is 12.1 Å². The minimum absolute atomic E-state index is 0.186. The van der Waals surface area contributed by atoms with Gasteiger partial charge in [0.25, 0.3) is 0 Å². The van der Waals surface area contributed by atoms with E-state index >= 15 is 0 Å². The number of carbonyl (C=O) groups is 2. The number of nitriles is 1. The van der Waals surface area contributed by atoms with Crippen molar-refractivity contribution in [3.05, 3.63) is 60.4 Å². The van der Waals surface area contributed by atoms with Crippen molar-refractivity contribution in [2.24, 2.45) is 5.92 Å². The Bertz CT molecular complexity index is 1660. The number of ether oxygens (including phenoxy) is 3. The molecule has 2 aromatic carbocycles. The minimum atomic E-state index is -0.520. The van der Waals surface area contributed by atoms with E-state index < -0.39 is 5.60 Å². The molecule has 1 aliphatic heterocycles. The molecule has 2 amide bonds. The lowest BCUT2D eigenvalue weighted by molar-refractivity contribution is 0.0165. The quantitative estimate of drug-likeness (QED) is 0.283. The highest BCUT2D eigenvalue weighted by atomic mass is 16.6. The molecule has 10 nitrogen and oxygen atoms in total. The van der Waals surface area contributed by atoms with Crippen LogP contribution in [0.2, 0.25) is 0 Å². The molecule has 0 aliphatic carbocycles. The first-order valence-electron chi connectivity index (χ1n) is 14.2. The van der Waals surface area contributed by atoms with Crippen LogP contribution in [0.5, 0.6) is 17.2 Å². The number of pyridine rings is 1. The molecule has 1 aliphatic rings. The smallest absolute Gasteiger partial charge is 0.410 e. The van der Waals surface area contributed by atoms with E-state index in [4.69, 9.17) is 14.2 Å². The van der Waals surface area contributed by atoms with Crippen LogP contribution in [0.15, 0.2) is 54.9 Å².